The molecule has 0 saturated carbocycles. The Morgan fingerprint density at radius 2 is 1.57 bits per heavy atom. The Balaban J connectivity index is 1.39. The number of amides is 1. The fourth-order valence-corrected chi connectivity index (χ4v) is 5.60. The highest BCUT2D eigenvalue weighted by atomic mass is 35.5. The molecule has 0 saturated heterocycles. The first-order valence-electron chi connectivity index (χ1n) is 11.1. The number of nitrogens with zero attached hydrogens (tertiary/aromatic N) is 1. The van der Waals surface area contributed by atoms with Crippen LogP contribution in [0.5, 0.6) is 0 Å². The van der Waals surface area contributed by atoms with Crippen LogP contribution in [0, 0.1) is 0 Å². The van der Waals surface area contributed by atoms with Gasteiger partial charge in [-0.2, -0.15) is 0 Å². The minimum Gasteiger partial charge on any atom is -0.341 e. The van der Waals surface area contributed by atoms with Gasteiger partial charge in [0, 0.05) is 39.6 Å². The molecule has 2 N–H and O–H groups in total. The van der Waals surface area contributed by atoms with Crippen molar-refractivity contribution in [1.29, 1.82) is 0 Å². The van der Waals surface area contributed by atoms with Crippen LogP contribution in [0.4, 0.5) is 11.4 Å². The van der Waals surface area contributed by atoms with Crippen molar-refractivity contribution in [1.82, 2.24) is 4.57 Å². The van der Waals surface area contributed by atoms with Gasteiger partial charge in [-0.15, -0.1) is 0 Å². The predicted octanol–water partition coefficient (Wildman–Crippen LogP) is 6.52. The van der Waals surface area contributed by atoms with Crippen LogP contribution < -0.4 is 10.0 Å². The molecular formula is C27H22ClN3O3S. The number of sulfonamides is 1. The van der Waals surface area contributed by atoms with Crippen LogP contribution in [0.1, 0.15) is 17.3 Å². The van der Waals surface area contributed by atoms with Crippen molar-refractivity contribution in [3.8, 4) is 0 Å². The van der Waals surface area contributed by atoms with E-state index in [1.807, 2.05) is 30.3 Å². The predicted molar refractivity (Wildman–Crippen MR) is 142 cm³/mol. The Labute approximate surface area is 208 Å². The molecule has 8 heteroatoms. The lowest BCUT2D eigenvalue weighted by Crippen LogP contribution is -2.14. The third-order valence-electron chi connectivity index (χ3n) is 5.88. The maximum absolute atomic E-state index is 12.9. The van der Waals surface area contributed by atoms with Gasteiger partial charge < -0.3 is 9.88 Å². The van der Waals surface area contributed by atoms with Crippen LogP contribution in [0.2, 0.25) is 5.02 Å². The number of anilines is 2. The van der Waals surface area contributed by atoms with Gasteiger partial charge in [-0.05, 0) is 61.5 Å². The second-order valence-electron chi connectivity index (χ2n) is 8.06. The molecule has 0 fully saturated rings. The second kappa shape index (κ2) is 9.09. The van der Waals surface area contributed by atoms with Crippen LogP contribution in [0.25, 0.3) is 21.8 Å². The van der Waals surface area contributed by atoms with Gasteiger partial charge in [0.1, 0.15) is 0 Å². The maximum Gasteiger partial charge on any atom is 0.261 e. The largest absolute Gasteiger partial charge is 0.341 e. The Bertz CT molecular complexity index is 1680. The molecule has 5 aromatic rings. The smallest absolute Gasteiger partial charge is 0.261 e. The summed E-state index contributed by atoms with van der Waals surface area (Å²) < 4.78 is 29.9. The molecule has 0 radical (unpaired) electrons. The van der Waals surface area contributed by atoms with E-state index in [0.717, 1.165) is 28.4 Å². The number of carbonyl (C=O) groups excluding carboxylic acids is 1. The lowest BCUT2D eigenvalue weighted by molar-refractivity contribution is 0.102. The number of hydrogen-bond donors (Lipinski definition) is 2. The summed E-state index contributed by atoms with van der Waals surface area (Å²) in [5.74, 6) is -0.344. The molecule has 0 aliphatic rings. The molecule has 1 aromatic heterocycles. The standard InChI is InChI=1S/C27H22ClN3O3S/c1-2-31-25-11-7-6-10-21(25)22-17-19(13-15-26(22)31)29-27(32)18-12-14-24(23(28)16-18)30-35(33,34)20-8-4-3-5-9-20/h3-17,30H,2H2,1H3,(H,29,32). The number of para-hydroxylation sites is 1. The number of rotatable bonds is 6. The average molecular weight is 504 g/mol. The molecule has 0 spiro atoms. The summed E-state index contributed by atoms with van der Waals surface area (Å²) in [6.45, 7) is 2.95. The van der Waals surface area contributed by atoms with Gasteiger partial charge in [-0.25, -0.2) is 8.42 Å². The molecule has 0 unspecified atom stereocenters. The number of hydrogen-bond acceptors (Lipinski definition) is 3. The van der Waals surface area contributed by atoms with Crippen molar-refractivity contribution in [2.45, 2.75) is 18.4 Å². The normalized spacial score (nSPS) is 11.6. The van der Waals surface area contributed by atoms with Crippen molar-refractivity contribution in [3.63, 3.8) is 0 Å². The van der Waals surface area contributed by atoms with Gasteiger partial charge in [-0.1, -0.05) is 48.0 Å². The average Bonchev–Trinajstić information content (AvgIpc) is 3.18. The summed E-state index contributed by atoms with van der Waals surface area (Å²) in [4.78, 5) is 13.1. The summed E-state index contributed by atoms with van der Waals surface area (Å²) in [6.07, 6.45) is 0. The minimum atomic E-state index is -3.79. The highest BCUT2D eigenvalue weighted by Gasteiger charge is 2.17. The number of halogens is 1. The summed E-state index contributed by atoms with van der Waals surface area (Å²) in [5, 5.41) is 5.22. The first kappa shape index (κ1) is 23.0. The Morgan fingerprint density at radius 3 is 2.31 bits per heavy atom. The van der Waals surface area contributed by atoms with E-state index in [1.165, 1.54) is 30.3 Å². The fraction of sp³-hybridized carbons (Fsp3) is 0.0741. The van der Waals surface area contributed by atoms with E-state index < -0.39 is 10.0 Å². The zero-order chi connectivity index (χ0) is 24.6. The van der Waals surface area contributed by atoms with E-state index in [0.29, 0.717) is 11.3 Å². The zero-order valence-corrected chi connectivity index (χ0v) is 20.4. The molecule has 6 nitrogen and oxygen atoms in total. The van der Waals surface area contributed by atoms with Crippen molar-refractivity contribution in [2.24, 2.45) is 0 Å². The van der Waals surface area contributed by atoms with Crippen LogP contribution in [0.15, 0.2) is 95.9 Å². The van der Waals surface area contributed by atoms with Crippen molar-refractivity contribution in [3.05, 3.63) is 102 Å². The first-order valence-corrected chi connectivity index (χ1v) is 12.9. The van der Waals surface area contributed by atoms with Crippen LogP contribution in [-0.4, -0.2) is 18.9 Å². The lowest BCUT2D eigenvalue weighted by Gasteiger charge is -2.11. The third-order valence-corrected chi connectivity index (χ3v) is 7.57. The van der Waals surface area contributed by atoms with Gasteiger partial charge in [0.2, 0.25) is 0 Å². The molecule has 4 aromatic carbocycles. The van der Waals surface area contributed by atoms with E-state index in [2.05, 4.69) is 33.7 Å². The molecule has 0 atom stereocenters. The summed E-state index contributed by atoms with van der Waals surface area (Å²) in [6, 6.07) is 26.5. The number of benzene rings is 4. The van der Waals surface area contributed by atoms with Crippen LogP contribution in [-0.2, 0) is 16.6 Å². The Hall–Kier alpha value is -3.81. The Morgan fingerprint density at radius 1 is 0.857 bits per heavy atom. The first-order chi connectivity index (χ1) is 16.9. The number of fused-ring (bicyclic) bond motifs is 3. The minimum absolute atomic E-state index is 0.123. The van der Waals surface area contributed by atoms with Crippen molar-refractivity contribution < 1.29 is 13.2 Å². The summed E-state index contributed by atoms with van der Waals surface area (Å²) in [5.41, 5.74) is 3.42. The van der Waals surface area contributed by atoms with E-state index in [1.54, 1.807) is 18.2 Å². The number of carbonyl (C=O) groups is 1. The lowest BCUT2D eigenvalue weighted by atomic mass is 10.1. The van der Waals surface area contributed by atoms with Crippen molar-refractivity contribution >= 4 is 60.7 Å². The number of nitrogens with one attached hydrogen (secondary N) is 2. The van der Waals surface area contributed by atoms with Gasteiger partial charge in [-0.3, -0.25) is 9.52 Å². The fourth-order valence-electron chi connectivity index (χ4n) is 4.22. The summed E-state index contributed by atoms with van der Waals surface area (Å²) in [7, 11) is -3.79. The monoisotopic (exact) mass is 503 g/mol. The van der Waals surface area contributed by atoms with Gasteiger partial charge in [0.25, 0.3) is 15.9 Å². The molecule has 5 rings (SSSR count). The second-order valence-corrected chi connectivity index (χ2v) is 10.2. The highest BCUT2D eigenvalue weighted by molar-refractivity contribution is 7.92. The van der Waals surface area contributed by atoms with E-state index in [-0.39, 0.29) is 21.5 Å². The molecule has 176 valence electrons. The molecule has 35 heavy (non-hydrogen) atoms. The molecule has 0 aliphatic heterocycles. The van der Waals surface area contributed by atoms with Crippen LogP contribution >= 0.6 is 11.6 Å². The molecule has 0 aliphatic carbocycles. The number of aromatic nitrogens is 1. The van der Waals surface area contributed by atoms with Crippen molar-refractivity contribution in [2.75, 3.05) is 10.0 Å². The van der Waals surface area contributed by atoms with E-state index >= 15 is 0 Å². The van der Waals surface area contributed by atoms with Crippen LogP contribution in [0.3, 0.4) is 0 Å². The molecule has 1 heterocycles. The molecular weight excluding hydrogens is 482 g/mol. The molecule has 0 bridgehead atoms. The third kappa shape index (κ3) is 4.36. The maximum atomic E-state index is 12.9. The highest BCUT2D eigenvalue weighted by Crippen LogP contribution is 2.31. The topological polar surface area (TPSA) is 80.2 Å². The van der Waals surface area contributed by atoms with E-state index in [4.69, 9.17) is 11.6 Å². The Kier molecular flexibility index (Phi) is 5.96. The SMILES string of the molecule is CCn1c2ccccc2c2cc(NC(=O)c3ccc(NS(=O)(=O)c4ccccc4)c(Cl)c3)ccc21. The zero-order valence-electron chi connectivity index (χ0n) is 18.8. The summed E-state index contributed by atoms with van der Waals surface area (Å²) >= 11 is 6.32. The quantitative estimate of drug-likeness (QED) is 0.277. The number of aryl methyl sites for hydroxylation is 1. The van der Waals surface area contributed by atoms with E-state index in [9.17, 15) is 13.2 Å². The van der Waals surface area contributed by atoms with Gasteiger partial charge in [0.15, 0.2) is 0 Å². The molecule has 1 amide bonds. The van der Waals surface area contributed by atoms with Gasteiger partial charge in [0.05, 0.1) is 15.6 Å². The van der Waals surface area contributed by atoms with Gasteiger partial charge >= 0.3 is 0 Å².